The van der Waals surface area contributed by atoms with Gasteiger partial charge in [-0.2, -0.15) is 0 Å². The van der Waals surface area contributed by atoms with Crippen molar-refractivity contribution in [1.29, 1.82) is 0 Å². The van der Waals surface area contributed by atoms with Gasteiger partial charge in [0.2, 0.25) is 0 Å². The van der Waals surface area contributed by atoms with E-state index in [2.05, 4.69) is 20.8 Å². The summed E-state index contributed by atoms with van der Waals surface area (Å²) in [6.07, 6.45) is 0. The third kappa shape index (κ3) is 3.77. The van der Waals surface area contributed by atoms with E-state index < -0.39 is 5.97 Å². The lowest BCUT2D eigenvalue weighted by Crippen LogP contribution is -2.48. The smallest absolute Gasteiger partial charge is 0.317 e. The molecule has 1 unspecified atom stereocenters. The van der Waals surface area contributed by atoms with Crippen molar-refractivity contribution in [3.05, 3.63) is 34.1 Å². The molecule has 1 aliphatic heterocycles. The van der Waals surface area contributed by atoms with Crippen LogP contribution < -0.4 is 0 Å². The van der Waals surface area contributed by atoms with Crippen LogP contribution in [0.4, 0.5) is 4.39 Å². The average Bonchev–Trinajstić information content (AvgIpc) is 2.41. The van der Waals surface area contributed by atoms with Gasteiger partial charge in [0.1, 0.15) is 5.82 Å². The van der Waals surface area contributed by atoms with Gasteiger partial charge in [0.15, 0.2) is 0 Å². The minimum absolute atomic E-state index is 0.0144. The normalized spacial score (nSPS) is 18.9. The van der Waals surface area contributed by atoms with Crippen molar-refractivity contribution in [2.24, 2.45) is 0 Å². The second-order valence-corrected chi connectivity index (χ2v) is 5.96. The van der Waals surface area contributed by atoms with Crippen molar-refractivity contribution in [3.63, 3.8) is 0 Å². The molecule has 0 saturated carbocycles. The molecule has 1 aromatic rings. The van der Waals surface area contributed by atoms with Crippen molar-refractivity contribution >= 4 is 21.9 Å². The number of rotatable bonds is 4. The molecule has 1 fully saturated rings. The van der Waals surface area contributed by atoms with Crippen molar-refractivity contribution in [1.82, 2.24) is 9.80 Å². The fraction of sp³-hybridized carbons (Fsp3) is 0.500. The Morgan fingerprint density at radius 3 is 2.65 bits per heavy atom. The van der Waals surface area contributed by atoms with Gasteiger partial charge in [0, 0.05) is 42.3 Å². The molecule has 110 valence electrons. The Labute approximate surface area is 126 Å². The molecule has 0 aromatic heterocycles. The topological polar surface area (TPSA) is 43.8 Å². The van der Waals surface area contributed by atoms with Gasteiger partial charge < -0.3 is 5.11 Å². The van der Waals surface area contributed by atoms with E-state index in [1.165, 1.54) is 6.07 Å². The van der Waals surface area contributed by atoms with Gasteiger partial charge in [-0.1, -0.05) is 15.9 Å². The Morgan fingerprint density at radius 2 is 2.05 bits per heavy atom. The van der Waals surface area contributed by atoms with Gasteiger partial charge in [-0.05, 0) is 25.1 Å². The molecule has 6 heteroatoms. The zero-order valence-electron chi connectivity index (χ0n) is 11.4. The molecule has 0 amide bonds. The zero-order valence-corrected chi connectivity index (χ0v) is 12.9. The van der Waals surface area contributed by atoms with Crippen LogP contribution >= 0.6 is 15.9 Å². The molecule has 0 bridgehead atoms. The summed E-state index contributed by atoms with van der Waals surface area (Å²) < 4.78 is 14.8. The van der Waals surface area contributed by atoms with Crippen LogP contribution in [-0.4, -0.2) is 53.6 Å². The molecule has 0 spiro atoms. The molecule has 1 aliphatic rings. The minimum Gasteiger partial charge on any atom is -0.480 e. The van der Waals surface area contributed by atoms with E-state index in [0.29, 0.717) is 18.7 Å². The number of carboxylic acids is 1. The Morgan fingerprint density at radius 1 is 1.40 bits per heavy atom. The zero-order chi connectivity index (χ0) is 14.7. The van der Waals surface area contributed by atoms with E-state index in [1.54, 1.807) is 6.07 Å². The van der Waals surface area contributed by atoms with Crippen LogP contribution in [0.3, 0.4) is 0 Å². The summed E-state index contributed by atoms with van der Waals surface area (Å²) in [5.41, 5.74) is 0.672. The van der Waals surface area contributed by atoms with E-state index in [9.17, 15) is 9.18 Å². The van der Waals surface area contributed by atoms with Crippen LogP contribution in [0.5, 0.6) is 0 Å². The summed E-state index contributed by atoms with van der Waals surface area (Å²) in [4.78, 5) is 14.8. The summed E-state index contributed by atoms with van der Waals surface area (Å²) in [7, 11) is 0. The van der Waals surface area contributed by atoms with Crippen LogP contribution in [0.2, 0.25) is 0 Å². The monoisotopic (exact) mass is 344 g/mol. The molecule has 1 atom stereocenters. The lowest BCUT2D eigenvalue weighted by atomic mass is 10.1. The lowest BCUT2D eigenvalue weighted by Gasteiger charge is -2.37. The second-order valence-electron chi connectivity index (χ2n) is 5.05. The van der Waals surface area contributed by atoms with Crippen molar-refractivity contribution in [3.8, 4) is 0 Å². The molecule has 1 aromatic carbocycles. The number of carboxylic acid groups (broad SMARTS) is 1. The summed E-state index contributed by atoms with van der Waals surface area (Å²) in [6.45, 7) is 4.96. The van der Waals surface area contributed by atoms with Gasteiger partial charge in [0.05, 0.1) is 6.54 Å². The average molecular weight is 345 g/mol. The SMILES string of the molecule is CC(c1cc(Br)ccc1F)N1CCN(CC(=O)O)CC1. The first-order chi connectivity index (χ1) is 9.47. The van der Waals surface area contributed by atoms with Crippen molar-refractivity contribution in [2.75, 3.05) is 32.7 Å². The Balaban J connectivity index is 1.99. The summed E-state index contributed by atoms with van der Waals surface area (Å²) >= 11 is 3.37. The largest absolute Gasteiger partial charge is 0.480 e. The van der Waals surface area contributed by atoms with Crippen LogP contribution in [0.25, 0.3) is 0 Å². The molecule has 4 nitrogen and oxygen atoms in total. The predicted octanol–water partition coefficient (Wildman–Crippen LogP) is 2.35. The highest BCUT2D eigenvalue weighted by atomic mass is 79.9. The first-order valence-electron chi connectivity index (χ1n) is 6.60. The van der Waals surface area contributed by atoms with E-state index in [1.807, 2.05) is 17.9 Å². The van der Waals surface area contributed by atoms with E-state index in [4.69, 9.17) is 5.11 Å². The highest BCUT2D eigenvalue weighted by Gasteiger charge is 2.24. The Kier molecular flexibility index (Phi) is 5.12. The molecule has 1 saturated heterocycles. The second kappa shape index (κ2) is 6.65. The summed E-state index contributed by atoms with van der Waals surface area (Å²) in [5, 5.41) is 8.78. The fourth-order valence-corrected chi connectivity index (χ4v) is 2.91. The molecule has 0 aliphatic carbocycles. The summed E-state index contributed by atoms with van der Waals surface area (Å²) in [5.74, 6) is -1.00. The third-order valence-electron chi connectivity index (χ3n) is 3.72. The van der Waals surface area contributed by atoms with Gasteiger partial charge in [0.25, 0.3) is 0 Å². The quantitative estimate of drug-likeness (QED) is 0.910. The molecular weight excluding hydrogens is 327 g/mol. The van der Waals surface area contributed by atoms with Crippen LogP contribution in [-0.2, 0) is 4.79 Å². The van der Waals surface area contributed by atoms with Crippen molar-refractivity contribution < 1.29 is 14.3 Å². The molecule has 20 heavy (non-hydrogen) atoms. The first-order valence-corrected chi connectivity index (χ1v) is 7.40. The molecular formula is C14H18BrFN2O2. The molecule has 1 heterocycles. The third-order valence-corrected chi connectivity index (χ3v) is 4.21. The Bertz CT molecular complexity index is 490. The fourth-order valence-electron chi connectivity index (χ4n) is 2.53. The summed E-state index contributed by atoms with van der Waals surface area (Å²) in [6, 6.07) is 4.95. The number of nitrogens with zero attached hydrogens (tertiary/aromatic N) is 2. The Hall–Kier alpha value is -0.980. The highest BCUT2D eigenvalue weighted by molar-refractivity contribution is 9.10. The van der Waals surface area contributed by atoms with Gasteiger partial charge in [-0.15, -0.1) is 0 Å². The number of aliphatic carboxylic acids is 1. The van der Waals surface area contributed by atoms with E-state index in [0.717, 1.165) is 17.6 Å². The number of halogens is 2. The number of piperazine rings is 1. The van der Waals surface area contributed by atoms with Gasteiger partial charge in [-0.3, -0.25) is 14.6 Å². The first kappa shape index (κ1) is 15.4. The number of carbonyl (C=O) groups is 1. The van der Waals surface area contributed by atoms with Gasteiger partial charge >= 0.3 is 5.97 Å². The van der Waals surface area contributed by atoms with Crippen molar-refractivity contribution in [2.45, 2.75) is 13.0 Å². The van der Waals surface area contributed by atoms with Crippen LogP contribution in [0.15, 0.2) is 22.7 Å². The number of hydrogen-bond donors (Lipinski definition) is 1. The molecule has 1 N–H and O–H groups in total. The maximum absolute atomic E-state index is 13.9. The number of hydrogen-bond acceptors (Lipinski definition) is 3. The highest BCUT2D eigenvalue weighted by Crippen LogP contribution is 2.26. The maximum Gasteiger partial charge on any atom is 0.317 e. The lowest BCUT2D eigenvalue weighted by molar-refractivity contribution is -0.138. The number of benzene rings is 1. The van der Waals surface area contributed by atoms with Gasteiger partial charge in [-0.25, -0.2) is 4.39 Å². The predicted molar refractivity (Wildman–Crippen MR) is 78.2 cm³/mol. The van der Waals surface area contributed by atoms with E-state index in [-0.39, 0.29) is 18.4 Å². The van der Waals surface area contributed by atoms with Crippen LogP contribution in [0, 0.1) is 5.82 Å². The standard InChI is InChI=1S/C14H18BrFN2O2/c1-10(12-8-11(15)2-3-13(12)16)18-6-4-17(5-7-18)9-14(19)20/h2-3,8,10H,4-7,9H2,1H3,(H,19,20). The maximum atomic E-state index is 13.9. The minimum atomic E-state index is -0.801. The molecule has 0 radical (unpaired) electrons. The van der Waals surface area contributed by atoms with Crippen LogP contribution in [0.1, 0.15) is 18.5 Å². The molecule has 2 rings (SSSR count). The van der Waals surface area contributed by atoms with E-state index >= 15 is 0 Å².